The lowest BCUT2D eigenvalue weighted by molar-refractivity contribution is 0.660. The van der Waals surface area contributed by atoms with Crippen LogP contribution >= 0.6 is 0 Å². The molecule has 0 aromatic heterocycles. The second-order valence-electron chi connectivity index (χ2n) is 16.2. The van der Waals surface area contributed by atoms with Crippen LogP contribution in [0.3, 0.4) is 0 Å². The maximum atomic E-state index is 2.44. The maximum absolute atomic E-state index is 2.44. The molecule has 0 spiro atoms. The van der Waals surface area contributed by atoms with Crippen LogP contribution in [0.4, 0.5) is 17.1 Å². The number of hydrogen-bond donors (Lipinski definition) is 0. The number of benzene rings is 8. The van der Waals surface area contributed by atoms with Crippen LogP contribution in [0.5, 0.6) is 0 Å². The van der Waals surface area contributed by atoms with Gasteiger partial charge in [0.1, 0.15) is 0 Å². The largest absolute Gasteiger partial charge is 0.310 e. The molecule has 8 aromatic rings. The van der Waals surface area contributed by atoms with Crippen molar-refractivity contribution in [3.8, 4) is 55.6 Å². The van der Waals surface area contributed by atoms with E-state index in [4.69, 9.17) is 0 Å². The average molecular weight is 706 g/mol. The van der Waals surface area contributed by atoms with Gasteiger partial charge >= 0.3 is 0 Å². The molecule has 55 heavy (non-hydrogen) atoms. The van der Waals surface area contributed by atoms with Crippen LogP contribution in [0.1, 0.15) is 49.9 Å². The molecule has 0 heterocycles. The highest BCUT2D eigenvalue weighted by atomic mass is 15.1. The standard InChI is InChI=1S/C54H43N/c1-53(2)49-22-10-8-18-45(49)47-33-32-43(35-51(47)53)55(41-30-28-39(29-31-41)38-26-24-37(25-27-38)36-14-6-5-7-15-36)42-17-12-16-40(34-42)44-20-13-21-48-46-19-9-11-23-50(46)54(3,4)52(44)48/h5-35H,1-4H3. The van der Waals surface area contributed by atoms with Crippen molar-refractivity contribution in [2.45, 2.75) is 38.5 Å². The summed E-state index contributed by atoms with van der Waals surface area (Å²) in [5, 5.41) is 0. The van der Waals surface area contributed by atoms with Gasteiger partial charge in [0.2, 0.25) is 0 Å². The highest BCUT2D eigenvalue weighted by Crippen LogP contribution is 2.53. The van der Waals surface area contributed by atoms with Crippen molar-refractivity contribution in [3.63, 3.8) is 0 Å². The van der Waals surface area contributed by atoms with Crippen LogP contribution in [0.2, 0.25) is 0 Å². The minimum atomic E-state index is -0.103. The number of fused-ring (bicyclic) bond motifs is 6. The van der Waals surface area contributed by atoms with E-state index in [2.05, 4.69) is 221 Å². The topological polar surface area (TPSA) is 3.24 Å². The molecule has 1 heteroatoms. The molecule has 0 N–H and O–H groups in total. The molecular formula is C54H43N. The molecule has 0 aliphatic heterocycles. The molecule has 0 amide bonds. The maximum Gasteiger partial charge on any atom is 0.0467 e. The quantitative estimate of drug-likeness (QED) is 0.166. The Balaban J connectivity index is 1.09. The van der Waals surface area contributed by atoms with Gasteiger partial charge in [-0.05, 0) is 114 Å². The van der Waals surface area contributed by atoms with Crippen LogP contribution < -0.4 is 4.90 Å². The van der Waals surface area contributed by atoms with E-state index in [9.17, 15) is 0 Å². The van der Waals surface area contributed by atoms with Gasteiger partial charge in [-0.15, -0.1) is 0 Å². The SMILES string of the molecule is CC1(C)c2ccccc2-c2ccc(N(c3ccc(-c4ccc(-c5ccccc5)cc4)cc3)c3cccc(-c4cccc5c4C(C)(C)c4ccccc4-5)c3)cc21. The Morgan fingerprint density at radius 1 is 0.291 bits per heavy atom. The molecule has 2 aliphatic carbocycles. The van der Waals surface area contributed by atoms with Crippen LogP contribution in [-0.2, 0) is 10.8 Å². The Hall–Kier alpha value is -6.44. The average Bonchev–Trinajstić information content (AvgIpc) is 3.61. The van der Waals surface area contributed by atoms with Gasteiger partial charge in [0.05, 0.1) is 0 Å². The van der Waals surface area contributed by atoms with Crippen molar-refractivity contribution < 1.29 is 0 Å². The van der Waals surface area contributed by atoms with Crippen LogP contribution in [-0.4, -0.2) is 0 Å². The third-order valence-electron chi connectivity index (χ3n) is 12.3. The molecule has 2 aliphatic rings. The lowest BCUT2D eigenvalue weighted by Gasteiger charge is -2.29. The first-order valence-corrected chi connectivity index (χ1v) is 19.4. The van der Waals surface area contributed by atoms with E-state index in [1.54, 1.807) is 0 Å². The Kier molecular flexibility index (Phi) is 7.58. The van der Waals surface area contributed by atoms with Crippen molar-refractivity contribution in [1.29, 1.82) is 0 Å². The van der Waals surface area contributed by atoms with Crippen LogP contribution in [0, 0.1) is 0 Å². The van der Waals surface area contributed by atoms with Gasteiger partial charge in [-0.2, -0.15) is 0 Å². The molecule has 0 fully saturated rings. The first-order valence-electron chi connectivity index (χ1n) is 19.4. The van der Waals surface area contributed by atoms with Gasteiger partial charge in [-0.3, -0.25) is 0 Å². The summed E-state index contributed by atoms with van der Waals surface area (Å²) < 4.78 is 0. The van der Waals surface area contributed by atoms with E-state index >= 15 is 0 Å². The molecule has 0 saturated heterocycles. The molecular weight excluding hydrogens is 663 g/mol. The number of nitrogens with zero attached hydrogens (tertiary/aromatic N) is 1. The zero-order chi connectivity index (χ0) is 37.3. The fourth-order valence-electron chi connectivity index (χ4n) is 9.47. The first-order chi connectivity index (χ1) is 26.8. The Bertz CT molecular complexity index is 2730. The molecule has 1 nitrogen and oxygen atoms in total. The molecule has 0 unspecified atom stereocenters. The normalized spacial score (nSPS) is 14.1. The Morgan fingerprint density at radius 3 is 1.44 bits per heavy atom. The van der Waals surface area contributed by atoms with Crippen molar-refractivity contribution in [3.05, 3.63) is 210 Å². The summed E-state index contributed by atoms with van der Waals surface area (Å²) in [5.74, 6) is 0. The zero-order valence-corrected chi connectivity index (χ0v) is 31.8. The molecule has 0 radical (unpaired) electrons. The van der Waals surface area contributed by atoms with E-state index < -0.39 is 0 Å². The first kappa shape index (κ1) is 33.2. The van der Waals surface area contributed by atoms with Gasteiger partial charge in [0, 0.05) is 27.9 Å². The summed E-state index contributed by atoms with van der Waals surface area (Å²) >= 11 is 0. The lowest BCUT2D eigenvalue weighted by Crippen LogP contribution is -2.17. The summed E-state index contributed by atoms with van der Waals surface area (Å²) in [5.41, 5.74) is 21.5. The van der Waals surface area contributed by atoms with E-state index in [1.807, 2.05) is 0 Å². The summed E-state index contributed by atoms with van der Waals surface area (Å²) in [7, 11) is 0. The Labute approximate surface area is 325 Å². The minimum Gasteiger partial charge on any atom is -0.310 e. The van der Waals surface area contributed by atoms with Crippen LogP contribution in [0.15, 0.2) is 188 Å². The second kappa shape index (κ2) is 12.6. The van der Waals surface area contributed by atoms with Crippen molar-refractivity contribution in [2.24, 2.45) is 0 Å². The molecule has 8 aromatic carbocycles. The zero-order valence-electron chi connectivity index (χ0n) is 31.8. The van der Waals surface area contributed by atoms with E-state index in [0.29, 0.717) is 0 Å². The third-order valence-corrected chi connectivity index (χ3v) is 12.3. The van der Waals surface area contributed by atoms with Gasteiger partial charge in [0.25, 0.3) is 0 Å². The minimum absolute atomic E-state index is 0.101. The van der Waals surface area contributed by atoms with Crippen molar-refractivity contribution in [2.75, 3.05) is 4.90 Å². The van der Waals surface area contributed by atoms with E-state index in [0.717, 1.165) is 17.1 Å². The van der Waals surface area contributed by atoms with E-state index in [1.165, 1.54) is 77.9 Å². The highest BCUT2D eigenvalue weighted by molar-refractivity contribution is 5.91. The molecule has 0 saturated carbocycles. The van der Waals surface area contributed by atoms with Gasteiger partial charge in [0.15, 0.2) is 0 Å². The Morgan fingerprint density at radius 2 is 0.745 bits per heavy atom. The second-order valence-corrected chi connectivity index (χ2v) is 16.2. The lowest BCUT2D eigenvalue weighted by atomic mass is 9.79. The summed E-state index contributed by atoms with van der Waals surface area (Å²) in [6.45, 7) is 9.47. The predicted molar refractivity (Wildman–Crippen MR) is 233 cm³/mol. The van der Waals surface area contributed by atoms with Crippen molar-refractivity contribution in [1.82, 2.24) is 0 Å². The molecule has 264 valence electrons. The van der Waals surface area contributed by atoms with Gasteiger partial charge < -0.3 is 4.90 Å². The third kappa shape index (κ3) is 5.29. The molecule has 0 bridgehead atoms. The monoisotopic (exact) mass is 705 g/mol. The van der Waals surface area contributed by atoms with Crippen molar-refractivity contribution >= 4 is 17.1 Å². The van der Waals surface area contributed by atoms with Crippen LogP contribution in [0.25, 0.3) is 55.6 Å². The number of hydrogen-bond acceptors (Lipinski definition) is 1. The number of anilines is 3. The highest BCUT2D eigenvalue weighted by Gasteiger charge is 2.38. The predicted octanol–water partition coefficient (Wildman–Crippen LogP) is 14.8. The fourth-order valence-corrected chi connectivity index (χ4v) is 9.47. The summed E-state index contributed by atoms with van der Waals surface area (Å²) in [4.78, 5) is 2.44. The fraction of sp³-hybridized carbons (Fsp3) is 0.111. The smallest absolute Gasteiger partial charge is 0.0467 e. The van der Waals surface area contributed by atoms with E-state index in [-0.39, 0.29) is 10.8 Å². The van der Waals surface area contributed by atoms with Gasteiger partial charge in [-0.1, -0.05) is 179 Å². The summed E-state index contributed by atoms with van der Waals surface area (Å²) in [6, 6.07) is 69.4. The van der Waals surface area contributed by atoms with Gasteiger partial charge in [-0.25, -0.2) is 0 Å². The summed E-state index contributed by atoms with van der Waals surface area (Å²) in [6.07, 6.45) is 0. The molecule has 0 atom stereocenters. The molecule has 10 rings (SSSR count). The number of rotatable bonds is 6.